The number of aromatic nitrogens is 3. The fraction of sp³-hybridized carbons (Fsp3) is 0.286. The van der Waals surface area contributed by atoms with Crippen molar-refractivity contribution in [3.8, 4) is 0 Å². The molecular weight excluding hydrogens is 276 g/mol. The van der Waals surface area contributed by atoms with Crippen molar-refractivity contribution in [2.45, 2.75) is 25.4 Å². The number of rotatable bonds is 4. The minimum Gasteiger partial charge on any atom is -0.330 e. The lowest BCUT2D eigenvalue weighted by molar-refractivity contribution is 0.0723. The van der Waals surface area contributed by atoms with Crippen molar-refractivity contribution in [2.75, 3.05) is 0 Å². The molecule has 0 atom stereocenters. The molecule has 0 saturated heterocycles. The molecule has 0 aromatic carbocycles. The lowest BCUT2D eigenvalue weighted by Gasteiger charge is -2.21. The number of amides is 1. The number of halogens is 1. The molecule has 1 saturated carbocycles. The smallest absolute Gasteiger partial charge is 0.274 e. The monoisotopic (exact) mass is 288 g/mol. The number of carbonyl (C=O) groups excluding carboxylic acids is 1. The van der Waals surface area contributed by atoms with Gasteiger partial charge >= 0.3 is 0 Å². The van der Waals surface area contributed by atoms with Crippen molar-refractivity contribution in [3.05, 3.63) is 53.3 Å². The summed E-state index contributed by atoms with van der Waals surface area (Å²) >= 11 is 5.69. The Morgan fingerprint density at radius 2 is 2.15 bits per heavy atom. The van der Waals surface area contributed by atoms with E-state index in [4.69, 9.17) is 11.6 Å². The van der Waals surface area contributed by atoms with Crippen LogP contribution in [-0.4, -0.2) is 31.8 Å². The second-order valence-electron chi connectivity index (χ2n) is 4.75. The van der Waals surface area contributed by atoms with Crippen LogP contribution in [0.4, 0.5) is 0 Å². The average Bonchev–Trinajstić information content (AvgIpc) is 3.30. The third-order valence-electron chi connectivity index (χ3n) is 3.16. The summed E-state index contributed by atoms with van der Waals surface area (Å²) in [4.78, 5) is 26.4. The van der Waals surface area contributed by atoms with Gasteiger partial charge in [0, 0.05) is 25.0 Å². The second-order valence-corrected chi connectivity index (χ2v) is 5.14. The van der Waals surface area contributed by atoms with Crippen LogP contribution in [0.25, 0.3) is 0 Å². The molecule has 5 nitrogen and oxygen atoms in total. The fourth-order valence-corrected chi connectivity index (χ4v) is 2.11. The maximum atomic E-state index is 12.5. The lowest BCUT2D eigenvalue weighted by atomic mass is 10.2. The number of pyridine rings is 1. The molecule has 1 aliphatic carbocycles. The fourth-order valence-electron chi connectivity index (χ4n) is 2.01. The number of nitrogens with zero attached hydrogens (tertiary/aromatic N) is 4. The molecule has 2 aromatic rings. The van der Waals surface area contributed by atoms with Crippen LogP contribution in [-0.2, 0) is 6.54 Å². The van der Waals surface area contributed by atoms with E-state index < -0.39 is 0 Å². The first-order chi connectivity index (χ1) is 9.74. The van der Waals surface area contributed by atoms with E-state index in [0.717, 1.165) is 18.4 Å². The van der Waals surface area contributed by atoms with E-state index in [2.05, 4.69) is 15.0 Å². The van der Waals surface area contributed by atoms with Gasteiger partial charge in [-0.3, -0.25) is 9.78 Å². The van der Waals surface area contributed by atoms with Gasteiger partial charge in [0.2, 0.25) is 0 Å². The average molecular weight is 289 g/mol. The van der Waals surface area contributed by atoms with Gasteiger partial charge in [0.05, 0.1) is 12.4 Å². The van der Waals surface area contributed by atoms with Crippen molar-refractivity contribution >= 4 is 17.5 Å². The van der Waals surface area contributed by atoms with Crippen molar-refractivity contribution in [1.29, 1.82) is 0 Å². The Morgan fingerprint density at radius 3 is 2.75 bits per heavy atom. The minimum absolute atomic E-state index is 0.111. The number of carbonyl (C=O) groups is 1. The molecule has 0 unspecified atom stereocenters. The minimum atomic E-state index is -0.111. The summed E-state index contributed by atoms with van der Waals surface area (Å²) in [7, 11) is 0. The van der Waals surface area contributed by atoms with Crippen LogP contribution in [0.15, 0.2) is 36.9 Å². The van der Waals surface area contributed by atoms with E-state index in [1.807, 2.05) is 17.0 Å². The first kappa shape index (κ1) is 13.0. The molecule has 0 N–H and O–H groups in total. The molecule has 0 radical (unpaired) electrons. The highest BCUT2D eigenvalue weighted by Crippen LogP contribution is 2.29. The number of hydrogen-bond donors (Lipinski definition) is 0. The van der Waals surface area contributed by atoms with Crippen LogP contribution in [0.1, 0.15) is 28.9 Å². The van der Waals surface area contributed by atoms with Crippen molar-refractivity contribution in [2.24, 2.45) is 0 Å². The SMILES string of the molecule is O=C(c1cnc(Cl)cn1)N(Cc1cccnc1)C1CC1. The molecule has 2 heterocycles. The summed E-state index contributed by atoms with van der Waals surface area (Å²) in [6.07, 6.45) is 8.38. The predicted octanol–water partition coefficient (Wildman–Crippen LogP) is 2.33. The molecule has 6 heteroatoms. The lowest BCUT2D eigenvalue weighted by Crippen LogP contribution is -2.33. The summed E-state index contributed by atoms with van der Waals surface area (Å²) in [5.41, 5.74) is 1.33. The van der Waals surface area contributed by atoms with Crippen molar-refractivity contribution in [1.82, 2.24) is 19.9 Å². The predicted molar refractivity (Wildman–Crippen MR) is 74.2 cm³/mol. The van der Waals surface area contributed by atoms with Gasteiger partial charge in [-0.25, -0.2) is 9.97 Å². The zero-order valence-electron chi connectivity index (χ0n) is 10.7. The van der Waals surface area contributed by atoms with Crippen LogP contribution >= 0.6 is 11.6 Å². The summed E-state index contributed by atoms with van der Waals surface area (Å²) in [6, 6.07) is 4.12. The molecule has 0 aliphatic heterocycles. The Kier molecular flexibility index (Phi) is 3.60. The van der Waals surface area contributed by atoms with Gasteiger partial charge < -0.3 is 4.90 Å². The number of hydrogen-bond acceptors (Lipinski definition) is 4. The highest BCUT2D eigenvalue weighted by atomic mass is 35.5. The van der Waals surface area contributed by atoms with Gasteiger partial charge in [-0.1, -0.05) is 17.7 Å². The Hall–Kier alpha value is -2.01. The highest BCUT2D eigenvalue weighted by Gasteiger charge is 2.33. The molecule has 0 spiro atoms. The van der Waals surface area contributed by atoms with Gasteiger partial charge in [0.15, 0.2) is 0 Å². The first-order valence-electron chi connectivity index (χ1n) is 6.41. The van der Waals surface area contributed by atoms with Crippen LogP contribution in [0.5, 0.6) is 0 Å². The van der Waals surface area contributed by atoms with E-state index in [0.29, 0.717) is 18.3 Å². The Morgan fingerprint density at radius 1 is 1.30 bits per heavy atom. The first-order valence-corrected chi connectivity index (χ1v) is 6.79. The zero-order valence-corrected chi connectivity index (χ0v) is 11.5. The normalized spacial score (nSPS) is 14.1. The van der Waals surface area contributed by atoms with Gasteiger partial charge in [0.25, 0.3) is 5.91 Å². The zero-order chi connectivity index (χ0) is 13.9. The molecular formula is C14H13ClN4O. The maximum Gasteiger partial charge on any atom is 0.274 e. The van der Waals surface area contributed by atoms with Gasteiger partial charge in [-0.2, -0.15) is 0 Å². The molecule has 0 bridgehead atoms. The van der Waals surface area contributed by atoms with E-state index in [-0.39, 0.29) is 11.1 Å². The quantitative estimate of drug-likeness (QED) is 0.866. The second kappa shape index (κ2) is 5.54. The van der Waals surface area contributed by atoms with E-state index >= 15 is 0 Å². The van der Waals surface area contributed by atoms with Crippen molar-refractivity contribution < 1.29 is 4.79 Å². The molecule has 3 rings (SSSR count). The van der Waals surface area contributed by atoms with Crippen LogP contribution in [0.2, 0.25) is 5.15 Å². The topological polar surface area (TPSA) is 59.0 Å². The molecule has 20 heavy (non-hydrogen) atoms. The Bertz CT molecular complexity index is 598. The molecule has 1 amide bonds. The largest absolute Gasteiger partial charge is 0.330 e. The van der Waals surface area contributed by atoms with Gasteiger partial charge in [0.1, 0.15) is 10.8 Å². The molecule has 1 aliphatic rings. The van der Waals surface area contributed by atoms with Gasteiger partial charge in [-0.05, 0) is 24.5 Å². The maximum absolute atomic E-state index is 12.5. The summed E-state index contributed by atoms with van der Waals surface area (Å²) in [6.45, 7) is 0.543. The van der Waals surface area contributed by atoms with Crippen LogP contribution in [0, 0.1) is 0 Å². The molecule has 2 aromatic heterocycles. The summed E-state index contributed by atoms with van der Waals surface area (Å²) < 4.78 is 0. The van der Waals surface area contributed by atoms with Crippen molar-refractivity contribution in [3.63, 3.8) is 0 Å². The molecule has 102 valence electrons. The third-order valence-corrected chi connectivity index (χ3v) is 3.36. The standard InChI is InChI=1S/C14H13ClN4O/c15-13-8-17-12(7-18-13)14(20)19(11-3-4-11)9-10-2-1-5-16-6-10/h1-2,5-8,11H,3-4,9H2. The van der Waals surface area contributed by atoms with Crippen LogP contribution < -0.4 is 0 Å². The summed E-state index contributed by atoms with van der Waals surface area (Å²) in [5.74, 6) is -0.111. The van der Waals surface area contributed by atoms with E-state index in [1.54, 1.807) is 12.4 Å². The Balaban J connectivity index is 1.80. The van der Waals surface area contributed by atoms with Gasteiger partial charge in [-0.15, -0.1) is 0 Å². The van der Waals surface area contributed by atoms with E-state index in [1.165, 1.54) is 12.4 Å². The highest BCUT2D eigenvalue weighted by molar-refractivity contribution is 6.29. The Labute approximate surface area is 121 Å². The third kappa shape index (κ3) is 2.93. The summed E-state index contributed by atoms with van der Waals surface area (Å²) in [5, 5.41) is 0.284. The van der Waals surface area contributed by atoms with E-state index in [9.17, 15) is 4.79 Å². The van der Waals surface area contributed by atoms with Crippen LogP contribution in [0.3, 0.4) is 0 Å². The molecule has 1 fully saturated rings.